The highest BCUT2D eigenvalue weighted by molar-refractivity contribution is 6.46. The number of aromatic nitrogens is 1. The molecule has 1 amide bonds. The van der Waals surface area contributed by atoms with Crippen molar-refractivity contribution in [3.05, 3.63) is 105 Å². The maximum Gasteiger partial charge on any atom is 0.295 e. The van der Waals surface area contributed by atoms with Crippen LogP contribution in [0.5, 0.6) is 5.75 Å². The lowest BCUT2D eigenvalue weighted by Crippen LogP contribution is -2.29. The number of non-ortho nitro benzene ring substituents is 1. The van der Waals surface area contributed by atoms with Gasteiger partial charge < -0.3 is 14.7 Å². The second kappa shape index (κ2) is 9.76. The monoisotopic (exact) mass is 473 g/mol. The number of rotatable bonds is 7. The molecule has 0 spiro atoms. The van der Waals surface area contributed by atoms with Gasteiger partial charge in [-0.1, -0.05) is 18.2 Å². The molecule has 0 bridgehead atoms. The van der Waals surface area contributed by atoms with Crippen LogP contribution in [0.1, 0.15) is 36.6 Å². The van der Waals surface area contributed by atoms with E-state index in [2.05, 4.69) is 4.98 Å². The van der Waals surface area contributed by atoms with Crippen LogP contribution in [0.3, 0.4) is 0 Å². The van der Waals surface area contributed by atoms with Crippen LogP contribution in [0.2, 0.25) is 0 Å². The fourth-order valence-corrected chi connectivity index (χ4v) is 4.01. The topological polar surface area (TPSA) is 123 Å². The summed E-state index contributed by atoms with van der Waals surface area (Å²) in [4.78, 5) is 42.4. The first-order chi connectivity index (χ1) is 16.8. The van der Waals surface area contributed by atoms with Crippen LogP contribution in [0, 0.1) is 10.1 Å². The van der Waals surface area contributed by atoms with Gasteiger partial charge in [0.05, 0.1) is 22.6 Å². The number of benzene rings is 2. The zero-order valence-electron chi connectivity index (χ0n) is 19.1. The number of hydrogen-bond acceptors (Lipinski definition) is 7. The van der Waals surface area contributed by atoms with Crippen LogP contribution in [0.25, 0.3) is 5.76 Å². The molecule has 1 N–H and O–H groups in total. The minimum absolute atomic E-state index is 0.0315. The summed E-state index contributed by atoms with van der Waals surface area (Å²) in [5, 5.41) is 22.6. The van der Waals surface area contributed by atoms with Gasteiger partial charge in [0.2, 0.25) is 0 Å². The molecule has 0 unspecified atom stereocenters. The van der Waals surface area contributed by atoms with Crippen molar-refractivity contribution in [1.82, 2.24) is 9.88 Å². The lowest BCUT2D eigenvalue weighted by Gasteiger charge is -2.25. The summed E-state index contributed by atoms with van der Waals surface area (Å²) >= 11 is 0. The molecule has 1 fully saturated rings. The third-order valence-corrected chi connectivity index (χ3v) is 5.51. The number of likely N-dealkylation sites (tertiary alicyclic amines) is 1. The number of ether oxygens (including phenoxy) is 1. The Labute approximate surface area is 201 Å². The molecular weight excluding hydrogens is 450 g/mol. The number of aliphatic hydroxyl groups is 1. The molecule has 1 saturated heterocycles. The van der Waals surface area contributed by atoms with E-state index in [9.17, 15) is 24.8 Å². The molecule has 0 saturated carbocycles. The van der Waals surface area contributed by atoms with Gasteiger partial charge in [-0.05, 0) is 55.3 Å². The number of carbonyl (C=O) groups is 2. The smallest absolute Gasteiger partial charge is 0.295 e. The Morgan fingerprint density at radius 2 is 1.89 bits per heavy atom. The fourth-order valence-electron chi connectivity index (χ4n) is 4.01. The Morgan fingerprint density at radius 1 is 1.14 bits per heavy atom. The predicted octanol–water partition coefficient (Wildman–Crippen LogP) is 4.40. The third-order valence-electron chi connectivity index (χ3n) is 5.51. The third kappa shape index (κ3) is 4.89. The molecule has 178 valence electrons. The summed E-state index contributed by atoms with van der Waals surface area (Å²) in [7, 11) is 0. The number of nitro groups is 1. The number of carbonyl (C=O) groups excluding carboxylic acids is 2. The van der Waals surface area contributed by atoms with Gasteiger partial charge in [-0.3, -0.25) is 24.7 Å². The summed E-state index contributed by atoms with van der Waals surface area (Å²) in [5.41, 5.74) is 0.987. The number of ketones is 1. The highest BCUT2D eigenvalue weighted by atomic mass is 16.6. The highest BCUT2D eigenvalue weighted by Crippen LogP contribution is 2.41. The van der Waals surface area contributed by atoms with Crippen LogP contribution in [-0.4, -0.2) is 37.7 Å². The van der Waals surface area contributed by atoms with Crippen molar-refractivity contribution < 1.29 is 24.4 Å². The van der Waals surface area contributed by atoms with Crippen molar-refractivity contribution in [3.63, 3.8) is 0 Å². The van der Waals surface area contributed by atoms with Crippen LogP contribution in [0.15, 0.2) is 78.6 Å². The molecule has 1 aliphatic rings. The maximum atomic E-state index is 13.2. The van der Waals surface area contributed by atoms with E-state index in [0.717, 1.165) is 0 Å². The van der Waals surface area contributed by atoms with Gasteiger partial charge >= 0.3 is 0 Å². The first-order valence-corrected chi connectivity index (χ1v) is 10.9. The molecule has 2 heterocycles. The minimum atomic E-state index is -1.03. The molecule has 9 nitrogen and oxygen atoms in total. The molecule has 3 aromatic rings. The molecule has 9 heteroatoms. The van der Waals surface area contributed by atoms with Gasteiger partial charge in [0.25, 0.3) is 17.4 Å². The summed E-state index contributed by atoms with van der Waals surface area (Å²) in [6.07, 6.45) is 3.11. The van der Waals surface area contributed by atoms with Gasteiger partial charge in [0, 0.05) is 36.6 Å². The summed E-state index contributed by atoms with van der Waals surface area (Å²) in [6, 6.07) is 14.6. The summed E-state index contributed by atoms with van der Waals surface area (Å²) in [5.74, 6) is -1.47. The molecule has 35 heavy (non-hydrogen) atoms. The van der Waals surface area contributed by atoms with Gasteiger partial charge in [-0.2, -0.15) is 0 Å². The Kier molecular flexibility index (Phi) is 6.59. The fraction of sp³-hybridized carbons (Fsp3) is 0.192. The lowest BCUT2D eigenvalue weighted by molar-refractivity contribution is -0.384. The van der Waals surface area contributed by atoms with Gasteiger partial charge in [0.15, 0.2) is 0 Å². The van der Waals surface area contributed by atoms with Crippen LogP contribution >= 0.6 is 0 Å². The van der Waals surface area contributed by atoms with Crippen molar-refractivity contribution >= 4 is 23.1 Å². The summed E-state index contributed by atoms with van der Waals surface area (Å²) < 4.78 is 5.63. The zero-order chi connectivity index (χ0) is 25.1. The van der Waals surface area contributed by atoms with E-state index in [0.29, 0.717) is 22.4 Å². The Bertz CT molecular complexity index is 1300. The van der Waals surface area contributed by atoms with Gasteiger partial charge in [-0.15, -0.1) is 0 Å². The molecule has 2 aromatic carbocycles. The first kappa shape index (κ1) is 23.6. The molecular formula is C26H23N3O6. The second-order valence-corrected chi connectivity index (χ2v) is 8.33. The molecule has 0 radical (unpaired) electrons. The van der Waals surface area contributed by atoms with Gasteiger partial charge in [-0.25, -0.2) is 0 Å². The van der Waals surface area contributed by atoms with Crippen LogP contribution in [-0.2, 0) is 16.1 Å². The van der Waals surface area contributed by atoms with Crippen molar-refractivity contribution in [1.29, 1.82) is 0 Å². The number of nitro benzene ring substituents is 1. The Hall–Kier alpha value is -4.53. The number of Topliss-reactive ketones (excluding diaryl/α,β-unsaturated/α-hetero) is 1. The molecule has 1 aliphatic heterocycles. The predicted molar refractivity (Wildman–Crippen MR) is 127 cm³/mol. The first-order valence-electron chi connectivity index (χ1n) is 10.9. The van der Waals surface area contributed by atoms with Gasteiger partial charge in [0.1, 0.15) is 11.5 Å². The van der Waals surface area contributed by atoms with E-state index < -0.39 is 22.7 Å². The standard InChI is InChI=1S/C26H23N3O6/c1-16(2)35-21-10-8-18(9-11-21)24(30)22-23(19-6-3-7-20(13-19)29(33)34)28(26(32)25(22)31)15-17-5-4-12-27-14-17/h3-14,16,23,30H,15H2,1-2H3/b24-22+/t23-/m0/s1. The van der Waals surface area contributed by atoms with E-state index in [-0.39, 0.29) is 29.7 Å². The van der Waals surface area contributed by atoms with Crippen LogP contribution < -0.4 is 4.74 Å². The molecule has 4 rings (SSSR count). The molecule has 1 atom stereocenters. The van der Waals surface area contributed by atoms with Crippen molar-refractivity contribution in [3.8, 4) is 5.75 Å². The Balaban J connectivity index is 1.83. The number of pyridine rings is 1. The normalized spacial score (nSPS) is 17.1. The average molecular weight is 473 g/mol. The van der Waals surface area contributed by atoms with E-state index in [1.54, 1.807) is 54.9 Å². The molecule has 0 aliphatic carbocycles. The maximum absolute atomic E-state index is 13.2. The second-order valence-electron chi connectivity index (χ2n) is 8.33. The van der Waals surface area contributed by atoms with Crippen molar-refractivity contribution in [2.75, 3.05) is 0 Å². The number of nitrogens with zero attached hydrogens (tertiary/aromatic N) is 3. The number of amides is 1. The van der Waals surface area contributed by atoms with Crippen LogP contribution in [0.4, 0.5) is 5.69 Å². The SMILES string of the molecule is CC(C)Oc1ccc(/C(O)=C2\C(=O)C(=O)N(Cc3cccnc3)[C@H]2c2cccc([N+](=O)[O-])c2)cc1. The number of hydrogen-bond donors (Lipinski definition) is 1. The van der Waals surface area contributed by atoms with Crippen molar-refractivity contribution in [2.45, 2.75) is 32.5 Å². The van der Waals surface area contributed by atoms with E-state index in [4.69, 9.17) is 4.74 Å². The van der Waals surface area contributed by atoms with E-state index in [1.165, 1.54) is 23.1 Å². The minimum Gasteiger partial charge on any atom is -0.507 e. The largest absolute Gasteiger partial charge is 0.507 e. The molecule has 1 aromatic heterocycles. The zero-order valence-corrected chi connectivity index (χ0v) is 19.1. The van der Waals surface area contributed by atoms with Crippen molar-refractivity contribution in [2.24, 2.45) is 0 Å². The lowest BCUT2D eigenvalue weighted by atomic mass is 9.95. The highest BCUT2D eigenvalue weighted by Gasteiger charge is 2.46. The van der Waals surface area contributed by atoms with E-state index >= 15 is 0 Å². The quantitative estimate of drug-likeness (QED) is 0.177. The van der Waals surface area contributed by atoms with E-state index in [1.807, 2.05) is 13.8 Å². The number of aliphatic hydroxyl groups excluding tert-OH is 1. The average Bonchev–Trinajstić information content (AvgIpc) is 3.09. The Morgan fingerprint density at radius 3 is 2.51 bits per heavy atom. The summed E-state index contributed by atoms with van der Waals surface area (Å²) in [6.45, 7) is 3.80.